The summed E-state index contributed by atoms with van der Waals surface area (Å²) in [6.45, 7) is 3.84. The lowest BCUT2D eigenvalue weighted by Crippen LogP contribution is -2.14. The third-order valence-corrected chi connectivity index (χ3v) is 3.39. The number of carbonyl (C=O) groups excluding carboxylic acids is 1. The molecule has 4 nitrogen and oxygen atoms in total. The lowest BCUT2D eigenvalue weighted by atomic mass is 10.1. The maximum atomic E-state index is 13.4. The molecule has 118 valence electrons. The molecule has 0 fully saturated rings. The number of para-hydroxylation sites is 2. The second kappa shape index (κ2) is 6.12. The van der Waals surface area contributed by atoms with E-state index in [-0.39, 0.29) is 17.8 Å². The Hall–Kier alpha value is -2.82. The SMILES string of the molecule is CC(C)Oc1ccccc1NC(=O)c1c[nH]c2ccc(F)cc12. The highest BCUT2D eigenvalue weighted by molar-refractivity contribution is 6.13. The van der Waals surface area contributed by atoms with Crippen LogP contribution in [0.2, 0.25) is 0 Å². The third-order valence-electron chi connectivity index (χ3n) is 3.39. The molecule has 0 atom stereocenters. The highest BCUT2D eigenvalue weighted by Gasteiger charge is 2.15. The van der Waals surface area contributed by atoms with Crippen LogP contribution in [0.15, 0.2) is 48.7 Å². The first kappa shape index (κ1) is 15.1. The minimum atomic E-state index is -0.380. The van der Waals surface area contributed by atoms with Crippen molar-refractivity contribution >= 4 is 22.5 Å². The van der Waals surface area contributed by atoms with Crippen LogP contribution in [0.3, 0.4) is 0 Å². The second-order valence-corrected chi connectivity index (χ2v) is 5.51. The summed E-state index contributed by atoms with van der Waals surface area (Å²) >= 11 is 0. The average Bonchev–Trinajstić information content (AvgIpc) is 2.91. The van der Waals surface area contributed by atoms with Gasteiger partial charge in [0.15, 0.2) is 0 Å². The number of ether oxygens (including phenoxy) is 1. The van der Waals surface area contributed by atoms with Crippen LogP contribution >= 0.6 is 0 Å². The maximum Gasteiger partial charge on any atom is 0.257 e. The number of rotatable bonds is 4. The summed E-state index contributed by atoms with van der Waals surface area (Å²) in [4.78, 5) is 15.5. The molecule has 0 saturated heterocycles. The van der Waals surface area contributed by atoms with Crippen LogP contribution in [-0.2, 0) is 0 Å². The van der Waals surface area contributed by atoms with Gasteiger partial charge in [-0.3, -0.25) is 4.79 Å². The van der Waals surface area contributed by atoms with E-state index < -0.39 is 0 Å². The Labute approximate surface area is 133 Å². The van der Waals surface area contributed by atoms with Crippen molar-refractivity contribution in [3.8, 4) is 5.75 Å². The molecule has 2 N–H and O–H groups in total. The van der Waals surface area contributed by atoms with Crippen molar-refractivity contribution in [1.82, 2.24) is 4.98 Å². The van der Waals surface area contributed by atoms with Crippen molar-refractivity contribution in [1.29, 1.82) is 0 Å². The zero-order valence-electron chi connectivity index (χ0n) is 12.9. The van der Waals surface area contributed by atoms with Gasteiger partial charge in [0.25, 0.3) is 5.91 Å². The fourth-order valence-corrected chi connectivity index (χ4v) is 2.40. The molecule has 0 radical (unpaired) electrons. The summed E-state index contributed by atoms with van der Waals surface area (Å²) < 4.78 is 19.1. The number of halogens is 1. The van der Waals surface area contributed by atoms with Crippen LogP contribution in [0, 0.1) is 5.82 Å². The number of anilines is 1. The summed E-state index contributed by atoms with van der Waals surface area (Å²) in [5.74, 6) is -0.0989. The van der Waals surface area contributed by atoms with Crippen LogP contribution in [0.4, 0.5) is 10.1 Å². The maximum absolute atomic E-state index is 13.4. The minimum Gasteiger partial charge on any atom is -0.489 e. The van der Waals surface area contributed by atoms with Gasteiger partial charge in [-0.05, 0) is 44.2 Å². The number of H-pyrrole nitrogens is 1. The summed E-state index contributed by atoms with van der Waals surface area (Å²) in [6.07, 6.45) is 1.57. The Morgan fingerprint density at radius 1 is 1.22 bits per heavy atom. The molecule has 0 spiro atoms. The quantitative estimate of drug-likeness (QED) is 0.752. The zero-order chi connectivity index (χ0) is 16.4. The number of fused-ring (bicyclic) bond motifs is 1. The minimum absolute atomic E-state index is 0.00441. The van der Waals surface area contributed by atoms with Gasteiger partial charge in [-0.25, -0.2) is 4.39 Å². The highest BCUT2D eigenvalue weighted by Crippen LogP contribution is 2.27. The molecule has 3 rings (SSSR count). The molecule has 0 aliphatic heterocycles. The van der Waals surface area contributed by atoms with Gasteiger partial charge in [-0.2, -0.15) is 0 Å². The fraction of sp³-hybridized carbons (Fsp3) is 0.167. The van der Waals surface area contributed by atoms with E-state index in [0.29, 0.717) is 27.9 Å². The molecule has 0 aliphatic rings. The van der Waals surface area contributed by atoms with Crippen LogP contribution in [0.1, 0.15) is 24.2 Å². The van der Waals surface area contributed by atoms with E-state index in [1.807, 2.05) is 26.0 Å². The number of aromatic nitrogens is 1. The van der Waals surface area contributed by atoms with Gasteiger partial charge in [0, 0.05) is 17.1 Å². The summed E-state index contributed by atoms with van der Waals surface area (Å²) in [6, 6.07) is 11.5. The zero-order valence-corrected chi connectivity index (χ0v) is 12.9. The van der Waals surface area contributed by atoms with E-state index in [0.717, 1.165) is 0 Å². The van der Waals surface area contributed by atoms with Crippen molar-refractivity contribution in [3.63, 3.8) is 0 Å². The third kappa shape index (κ3) is 3.18. The van der Waals surface area contributed by atoms with Crippen molar-refractivity contribution in [2.24, 2.45) is 0 Å². The lowest BCUT2D eigenvalue weighted by Gasteiger charge is -2.14. The second-order valence-electron chi connectivity index (χ2n) is 5.51. The molecule has 2 aromatic carbocycles. The molecule has 5 heteroatoms. The largest absolute Gasteiger partial charge is 0.489 e. The summed E-state index contributed by atoms with van der Waals surface area (Å²) in [5, 5.41) is 3.37. The molecule has 0 saturated carbocycles. The first-order valence-electron chi connectivity index (χ1n) is 7.38. The molecule has 1 heterocycles. The molecule has 23 heavy (non-hydrogen) atoms. The predicted octanol–water partition coefficient (Wildman–Crippen LogP) is 4.35. The van der Waals surface area contributed by atoms with Gasteiger partial charge in [-0.1, -0.05) is 12.1 Å². The summed E-state index contributed by atoms with van der Waals surface area (Å²) in [7, 11) is 0. The number of carbonyl (C=O) groups is 1. The van der Waals surface area contributed by atoms with Gasteiger partial charge < -0.3 is 15.0 Å². The molecule has 3 aromatic rings. The van der Waals surface area contributed by atoms with Gasteiger partial charge in [0.1, 0.15) is 11.6 Å². The first-order chi connectivity index (χ1) is 11.0. The number of amides is 1. The Morgan fingerprint density at radius 3 is 2.78 bits per heavy atom. The Bertz CT molecular complexity index is 855. The number of nitrogens with one attached hydrogen (secondary N) is 2. The smallest absolute Gasteiger partial charge is 0.257 e. The molecule has 1 aromatic heterocycles. The number of benzene rings is 2. The molecular weight excluding hydrogens is 295 g/mol. The van der Waals surface area contributed by atoms with Gasteiger partial charge >= 0.3 is 0 Å². The molecule has 0 unspecified atom stereocenters. The van der Waals surface area contributed by atoms with Crippen LogP contribution in [0.25, 0.3) is 10.9 Å². The Balaban J connectivity index is 1.91. The van der Waals surface area contributed by atoms with Crippen molar-refractivity contribution in [3.05, 3.63) is 60.0 Å². The van der Waals surface area contributed by atoms with Gasteiger partial charge in [-0.15, -0.1) is 0 Å². The first-order valence-corrected chi connectivity index (χ1v) is 7.38. The monoisotopic (exact) mass is 312 g/mol. The molecule has 0 aliphatic carbocycles. The van der Waals surface area contributed by atoms with E-state index in [9.17, 15) is 9.18 Å². The van der Waals surface area contributed by atoms with E-state index in [2.05, 4.69) is 10.3 Å². The number of aromatic amines is 1. The molecule has 1 amide bonds. The van der Waals surface area contributed by atoms with Gasteiger partial charge in [0.2, 0.25) is 0 Å². The normalized spacial score (nSPS) is 11.0. The average molecular weight is 312 g/mol. The van der Waals surface area contributed by atoms with Crippen LogP contribution in [0.5, 0.6) is 5.75 Å². The Morgan fingerprint density at radius 2 is 2.00 bits per heavy atom. The van der Waals surface area contributed by atoms with Crippen LogP contribution < -0.4 is 10.1 Å². The fourth-order valence-electron chi connectivity index (χ4n) is 2.40. The van der Waals surface area contributed by atoms with Crippen LogP contribution in [-0.4, -0.2) is 17.0 Å². The molecule has 0 bridgehead atoms. The molecular formula is C18H17FN2O2. The standard InChI is InChI=1S/C18H17FN2O2/c1-11(2)23-17-6-4-3-5-16(17)21-18(22)14-10-20-15-8-7-12(19)9-13(14)15/h3-11,20H,1-2H3,(H,21,22). The number of hydrogen-bond donors (Lipinski definition) is 2. The number of hydrogen-bond acceptors (Lipinski definition) is 2. The topological polar surface area (TPSA) is 54.1 Å². The van der Waals surface area contributed by atoms with Gasteiger partial charge in [0.05, 0.1) is 17.4 Å². The van der Waals surface area contributed by atoms with E-state index >= 15 is 0 Å². The van der Waals surface area contributed by atoms with E-state index in [1.54, 1.807) is 24.4 Å². The Kier molecular flexibility index (Phi) is 4.02. The van der Waals surface area contributed by atoms with Crippen molar-refractivity contribution < 1.29 is 13.9 Å². The summed E-state index contributed by atoms with van der Waals surface area (Å²) in [5.41, 5.74) is 1.68. The van der Waals surface area contributed by atoms with Crippen molar-refractivity contribution in [2.75, 3.05) is 5.32 Å². The van der Waals surface area contributed by atoms with E-state index in [1.165, 1.54) is 12.1 Å². The predicted molar refractivity (Wildman–Crippen MR) is 88.4 cm³/mol. The lowest BCUT2D eigenvalue weighted by molar-refractivity contribution is 0.102. The highest BCUT2D eigenvalue weighted by atomic mass is 19.1. The van der Waals surface area contributed by atoms with Crippen molar-refractivity contribution in [2.45, 2.75) is 20.0 Å². The van der Waals surface area contributed by atoms with E-state index in [4.69, 9.17) is 4.74 Å².